The van der Waals surface area contributed by atoms with Gasteiger partial charge in [0.2, 0.25) is 0 Å². The number of hydrogen-bond donors (Lipinski definition) is 2. The first-order chi connectivity index (χ1) is 8.15. The molecule has 0 aliphatic heterocycles. The van der Waals surface area contributed by atoms with Crippen molar-refractivity contribution in [1.29, 1.82) is 0 Å². The number of phenolic OH excluding ortho intramolecular Hbond substituents is 1. The maximum Gasteiger partial charge on any atom is 0.347 e. The molecule has 1 aromatic carbocycles. The molecule has 1 heterocycles. The fourth-order valence-corrected chi connectivity index (χ4v) is 1.80. The molecule has 0 unspecified atom stereocenters. The summed E-state index contributed by atoms with van der Waals surface area (Å²) in [7, 11) is 0. The van der Waals surface area contributed by atoms with Gasteiger partial charge in [0.15, 0.2) is 0 Å². The standard InChI is InChI=1S/C11H9NO4S/c13-8-2-1-3-9(5-8)16-6-7-4-10(11(14)15)17-12-7/h1-5,13H,6H2,(H,14,15). The maximum absolute atomic E-state index is 10.6. The molecular weight excluding hydrogens is 242 g/mol. The minimum absolute atomic E-state index is 0.118. The minimum Gasteiger partial charge on any atom is -0.508 e. The predicted octanol–water partition coefficient (Wildman–Crippen LogP) is 2.13. The molecule has 0 spiro atoms. The van der Waals surface area contributed by atoms with Crippen molar-refractivity contribution in [3.05, 3.63) is 40.9 Å². The minimum atomic E-state index is -0.994. The number of rotatable bonds is 4. The molecule has 6 heteroatoms. The number of nitrogens with zero attached hydrogens (tertiary/aromatic N) is 1. The highest BCUT2D eigenvalue weighted by Gasteiger charge is 2.08. The SMILES string of the molecule is O=C(O)c1cc(COc2cccc(O)c2)ns1. The average molecular weight is 251 g/mol. The average Bonchev–Trinajstić information content (AvgIpc) is 2.75. The van der Waals surface area contributed by atoms with Crippen LogP contribution in [0.25, 0.3) is 0 Å². The zero-order valence-corrected chi connectivity index (χ0v) is 9.48. The molecule has 0 aliphatic carbocycles. The Bertz CT molecular complexity index is 538. The first-order valence-corrected chi connectivity index (χ1v) is 5.53. The lowest BCUT2D eigenvalue weighted by Gasteiger charge is -2.03. The molecule has 0 fully saturated rings. The van der Waals surface area contributed by atoms with E-state index >= 15 is 0 Å². The van der Waals surface area contributed by atoms with E-state index < -0.39 is 5.97 Å². The number of carboxylic acid groups (broad SMARTS) is 1. The summed E-state index contributed by atoms with van der Waals surface area (Å²) < 4.78 is 9.31. The van der Waals surface area contributed by atoms with Crippen LogP contribution in [0.3, 0.4) is 0 Å². The fraction of sp³-hybridized carbons (Fsp3) is 0.0909. The number of aromatic hydroxyl groups is 1. The smallest absolute Gasteiger partial charge is 0.347 e. The van der Waals surface area contributed by atoms with Gasteiger partial charge >= 0.3 is 5.97 Å². The summed E-state index contributed by atoms with van der Waals surface area (Å²) >= 11 is 0.917. The van der Waals surface area contributed by atoms with Crippen LogP contribution in [0.4, 0.5) is 0 Å². The Hall–Kier alpha value is -2.08. The Balaban J connectivity index is 2.00. The third kappa shape index (κ3) is 2.94. The molecular formula is C11H9NO4S. The molecule has 17 heavy (non-hydrogen) atoms. The molecule has 2 aromatic rings. The van der Waals surface area contributed by atoms with Gasteiger partial charge in [0.05, 0.1) is 5.69 Å². The number of aromatic carboxylic acids is 1. The van der Waals surface area contributed by atoms with Crippen LogP contribution >= 0.6 is 11.5 Å². The van der Waals surface area contributed by atoms with E-state index in [4.69, 9.17) is 9.84 Å². The summed E-state index contributed by atoms with van der Waals surface area (Å²) in [5, 5.41) is 17.9. The first-order valence-electron chi connectivity index (χ1n) is 4.76. The van der Waals surface area contributed by atoms with Gasteiger partial charge in [-0.1, -0.05) is 6.07 Å². The topological polar surface area (TPSA) is 79.7 Å². The van der Waals surface area contributed by atoms with Gasteiger partial charge in [-0.2, -0.15) is 4.37 Å². The van der Waals surface area contributed by atoms with Crippen LogP contribution in [-0.2, 0) is 6.61 Å². The second-order valence-electron chi connectivity index (χ2n) is 3.27. The first kappa shape index (κ1) is 11.4. The Labute approximate surface area is 101 Å². The summed E-state index contributed by atoms with van der Waals surface area (Å²) in [5.41, 5.74) is 0.552. The Morgan fingerprint density at radius 3 is 2.88 bits per heavy atom. The van der Waals surface area contributed by atoms with Gasteiger partial charge < -0.3 is 14.9 Å². The van der Waals surface area contributed by atoms with Gasteiger partial charge in [0.1, 0.15) is 23.0 Å². The largest absolute Gasteiger partial charge is 0.508 e. The fourth-order valence-electron chi connectivity index (χ4n) is 1.21. The zero-order valence-electron chi connectivity index (χ0n) is 8.66. The van der Waals surface area contributed by atoms with E-state index in [2.05, 4.69) is 4.37 Å². The van der Waals surface area contributed by atoms with Crippen LogP contribution in [-0.4, -0.2) is 20.6 Å². The third-order valence-corrected chi connectivity index (χ3v) is 2.79. The number of benzene rings is 1. The highest BCUT2D eigenvalue weighted by atomic mass is 32.1. The van der Waals surface area contributed by atoms with Gasteiger partial charge in [-0.05, 0) is 29.7 Å². The molecule has 0 amide bonds. The molecule has 0 saturated carbocycles. The lowest BCUT2D eigenvalue weighted by molar-refractivity contribution is 0.0702. The van der Waals surface area contributed by atoms with Crippen molar-refractivity contribution < 1.29 is 19.7 Å². The van der Waals surface area contributed by atoms with Crippen LogP contribution < -0.4 is 4.74 Å². The van der Waals surface area contributed by atoms with E-state index in [-0.39, 0.29) is 17.2 Å². The molecule has 5 nitrogen and oxygen atoms in total. The molecule has 0 saturated heterocycles. The number of phenols is 1. The monoisotopic (exact) mass is 251 g/mol. The number of aromatic nitrogens is 1. The van der Waals surface area contributed by atoms with E-state index in [1.54, 1.807) is 12.1 Å². The van der Waals surface area contributed by atoms with Crippen molar-refractivity contribution in [2.75, 3.05) is 0 Å². The van der Waals surface area contributed by atoms with Crippen molar-refractivity contribution in [2.45, 2.75) is 6.61 Å². The van der Waals surface area contributed by atoms with Crippen molar-refractivity contribution in [1.82, 2.24) is 4.37 Å². The molecule has 88 valence electrons. The molecule has 1 aromatic heterocycles. The molecule has 2 N–H and O–H groups in total. The van der Waals surface area contributed by atoms with Crippen molar-refractivity contribution in [3.8, 4) is 11.5 Å². The Morgan fingerprint density at radius 2 is 2.24 bits per heavy atom. The van der Waals surface area contributed by atoms with Gasteiger partial charge in [0.25, 0.3) is 0 Å². The summed E-state index contributed by atoms with van der Waals surface area (Å²) in [6.07, 6.45) is 0. The van der Waals surface area contributed by atoms with Gasteiger partial charge in [0, 0.05) is 6.07 Å². The van der Waals surface area contributed by atoms with Gasteiger partial charge in [-0.25, -0.2) is 4.79 Å². The summed E-state index contributed by atoms with van der Waals surface area (Å²) in [6.45, 7) is 0.174. The van der Waals surface area contributed by atoms with Crippen LogP contribution in [0.2, 0.25) is 0 Å². The van der Waals surface area contributed by atoms with Crippen molar-refractivity contribution in [2.24, 2.45) is 0 Å². The third-order valence-electron chi connectivity index (χ3n) is 1.97. The van der Waals surface area contributed by atoms with E-state index in [0.717, 1.165) is 11.5 Å². The van der Waals surface area contributed by atoms with Crippen LogP contribution in [0, 0.1) is 0 Å². The van der Waals surface area contributed by atoms with E-state index in [9.17, 15) is 9.90 Å². The van der Waals surface area contributed by atoms with Crippen molar-refractivity contribution in [3.63, 3.8) is 0 Å². The molecule has 0 radical (unpaired) electrons. The number of ether oxygens (including phenoxy) is 1. The second-order valence-corrected chi connectivity index (χ2v) is 4.08. The molecule has 0 bridgehead atoms. The highest BCUT2D eigenvalue weighted by Crippen LogP contribution is 2.19. The predicted molar refractivity (Wildman–Crippen MR) is 61.5 cm³/mol. The Kier molecular flexibility index (Phi) is 3.24. The Morgan fingerprint density at radius 1 is 1.41 bits per heavy atom. The van der Waals surface area contributed by atoms with E-state index in [0.29, 0.717) is 11.4 Å². The van der Waals surface area contributed by atoms with E-state index in [1.807, 2.05) is 0 Å². The van der Waals surface area contributed by atoms with Gasteiger partial charge in [-0.3, -0.25) is 0 Å². The van der Waals surface area contributed by atoms with E-state index in [1.165, 1.54) is 18.2 Å². The second kappa shape index (κ2) is 4.84. The summed E-state index contributed by atoms with van der Waals surface area (Å²) in [6, 6.07) is 7.84. The van der Waals surface area contributed by atoms with Crippen LogP contribution in [0.15, 0.2) is 30.3 Å². The molecule has 2 rings (SSSR count). The van der Waals surface area contributed by atoms with Crippen molar-refractivity contribution >= 4 is 17.5 Å². The number of carboxylic acids is 1. The lowest BCUT2D eigenvalue weighted by Crippen LogP contribution is -1.95. The van der Waals surface area contributed by atoms with Gasteiger partial charge in [-0.15, -0.1) is 0 Å². The number of carbonyl (C=O) groups is 1. The molecule has 0 aliphatic rings. The number of hydrogen-bond acceptors (Lipinski definition) is 5. The lowest BCUT2D eigenvalue weighted by atomic mass is 10.3. The summed E-state index contributed by atoms with van der Waals surface area (Å²) in [5.74, 6) is -0.368. The van der Waals surface area contributed by atoms with Crippen LogP contribution in [0.1, 0.15) is 15.4 Å². The molecule has 0 atom stereocenters. The maximum atomic E-state index is 10.6. The normalized spacial score (nSPS) is 10.1. The highest BCUT2D eigenvalue weighted by molar-refractivity contribution is 7.08. The van der Waals surface area contributed by atoms with Crippen LogP contribution in [0.5, 0.6) is 11.5 Å². The summed E-state index contributed by atoms with van der Waals surface area (Å²) in [4.78, 5) is 10.8. The quantitative estimate of drug-likeness (QED) is 0.870. The zero-order chi connectivity index (χ0) is 12.3.